The smallest absolute Gasteiger partial charge is 0.340 e. The number of hydrogen-bond donors (Lipinski definition) is 0. The molecule has 0 aliphatic carbocycles. The van der Waals surface area contributed by atoms with Crippen LogP contribution < -0.4 is 5.56 Å². The fraction of sp³-hybridized carbons (Fsp3) is 0.192. The Bertz CT molecular complexity index is 1300. The second-order valence-corrected chi connectivity index (χ2v) is 7.36. The molecule has 0 atom stereocenters. The van der Waals surface area contributed by atoms with Gasteiger partial charge < -0.3 is 14.0 Å². The Balaban J connectivity index is 2.09. The molecule has 4 rings (SSSR count). The summed E-state index contributed by atoms with van der Waals surface area (Å²) in [7, 11) is 2.97. The first-order valence-electron chi connectivity index (χ1n) is 10.4. The highest BCUT2D eigenvalue weighted by Gasteiger charge is 2.24. The molecule has 32 heavy (non-hydrogen) atoms. The highest BCUT2D eigenvalue weighted by atomic mass is 16.5. The normalized spacial score (nSPS) is 10.9. The molecular weight excluding hydrogens is 404 g/mol. The van der Waals surface area contributed by atoms with Gasteiger partial charge in [0, 0.05) is 43.0 Å². The van der Waals surface area contributed by atoms with Crippen LogP contribution >= 0.6 is 0 Å². The number of esters is 1. The monoisotopic (exact) mass is 428 g/mol. The van der Waals surface area contributed by atoms with Gasteiger partial charge in [0.2, 0.25) is 0 Å². The molecule has 4 aromatic rings. The van der Waals surface area contributed by atoms with Gasteiger partial charge in [0.1, 0.15) is 0 Å². The lowest BCUT2D eigenvalue weighted by molar-refractivity contribution is 0.0603. The summed E-state index contributed by atoms with van der Waals surface area (Å²) in [6.45, 7) is 1.06. The van der Waals surface area contributed by atoms with E-state index in [-0.39, 0.29) is 11.1 Å². The first kappa shape index (κ1) is 21.5. The lowest BCUT2D eigenvalue weighted by Crippen LogP contribution is -2.22. The number of rotatable bonds is 7. The van der Waals surface area contributed by atoms with Crippen molar-refractivity contribution in [2.75, 3.05) is 20.8 Å². The fourth-order valence-corrected chi connectivity index (χ4v) is 3.84. The molecule has 6 nitrogen and oxygen atoms in total. The number of methoxy groups -OCH3 is 2. The topological polar surface area (TPSA) is 70.4 Å². The highest BCUT2D eigenvalue weighted by Crippen LogP contribution is 2.34. The van der Waals surface area contributed by atoms with Crippen LogP contribution in [0.25, 0.3) is 33.3 Å². The maximum Gasteiger partial charge on any atom is 0.340 e. The number of nitrogens with zero attached hydrogens (tertiary/aromatic N) is 2. The molecule has 2 aromatic heterocycles. The maximum absolute atomic E-state index is 13.6. The summed E-state index contributed by atoms with van der Waals surface area (Å²) in [4.78, 5) is 31.3. The average Bonchev–Trinajstić information content (AvgIpc) is 2.85. The van der Waals surface area contributed by atoms with E-state index in [1.807, 2.05) is 60.7 Å². The van der Waals surface area contributed by atoms with Gasteiger partial charge in [-0.15, -0.1) is 0 Å². The molecule has 0 fully saturated rings. The molecular formula is C26H24N2O4. The second-order valence-electron chi connectivity index (χ2n) is 7.36. The maximum atomic E-state index is 13.6. The van der Waals surface area contributed by atoms with E-state index in [0.29, 0.717) is 41.7 Å². The van der Waals surface area contributed by atoms with Crippen LogP contribution in [0.15, 0.2) is 77.7 Å². The van der Waals surface area contributed by atoms with Crippen molar-refractivity contribution in [2.45, 2.75) is 13.0 Å². The van der Waals surface area contributed by atoms with E-state index in [2.05, 4.69) is 0 Å². The summed E-state index contributed by atoms with van der Waals surface area (Å²) in [6.07, 6.45) is 2.41. The van der Waals surface area contributed by atoms with Crippen molar-refractivity contribution in [3.63, 3.8) is 0 Å². The summed E-state index contributed by atoms with van der Waals surface area (Å²) in [5.74, 6) is -0.530. The van der Waals surface area contributed by atoms with Crippen LogP contribution in [-0.2, 0) is 16.0 Å². The van der Waals surface area contributed by atoms with E-state index in [0.717, 1.165) is 11.1 Å². The van der Waals surface area contributed by atoms with Gasteiger partial charge in [-0.05, 0) is 12.5 Å². The SMILES string of the molecule is COCCCn1ccc2c(C(=O)OC)c(-c3ccccc3)nc(-c3ccccc3)c2c1=O. The number of aryl methyl sites for hydroxylation is 1. The zero-order valence-corrected chi connectivity index (χ0v) is 18.1. The molecule has 0 unspecified atom stereocenters. The minimum atomic E-state index is -0.530. The predicted octanol–water partition coefficient (Wildman–Crippen LogP) is 4.55. The molecule has 0 spiro atoms. The Morgan fingerprint density at radius 3 is 2.12 bits per heavy atom. The summed E-state index contributed by atoms with van der Waals surface area (Å²) < 4.78 is 11.9. The number of benzene rings is 2. The van der Waals surface area contributed by atoms with E-state index in [9.17, 15) is 9.59 Å². The number of hydrogen-bond acceptors (Lipinski definition) is 5. The zero-order valence-electron chi connectivity index (χ0n) is 18.1. The minimum Gasteiger partial charge on any atom is -0.465 e. The number of carbonyl (C=O) groups excluding carboxylic acids is 1. The highest BCUT2D eigenvalue weighted by molar-refractivity contribution is 6.12. The van der Waals surface area contributed by atoms with Crippen LogP contribution in [0.4, 0.5) is 0 Å². The molecule has 0 bridgehead atoms. The molecule has 0 radical (unpaired) electrons. The molecule has 0 amide bonds. The third kappa shape index (κ3) is 4.05. The summed E-state index contributed by atoms with van der Waals surface area (Å²) in [5.41, 5.74) is 2.69. The zero-order chi connectivity index (χ0) is 22.5. The van der Waals surface area contributed by atoms with Crippen molar-refractivity contribution in [3.8, 4) is 22.5 Å². The van der Waals surface area contributed by atoms with E-state index >= 15 is 0 Å². The van der Waals surface area contributed by atoms with E-state index in [1.54, 1.807) is 23.9 Å². The first-order valence-corrected chi connectivity index (χ1v) is 10.4. The lowest BCUT2D eigenvalue weighted by Gasteiger charge is -2.16. The number of carbonyl (C=O) groups is 1. The van der Waals surface area contributed by atoms with Crippen LogP contribution in [0, 0.1) is 0 Å². The van der Waals surface area contributed by atoms with E-state index in [4.69, 9.17) is 14.5 Å². The number of ether oxygens (including phenoxy) is 2. The molecule has 0 saturated heterocycles. The number of aromatic nitrogens is 2. The van der Waals surface area contributed by atoms with Gasteiger partial charge in [-0.2, -0.15) is 0 Å². The van der Waals surface area contributed by atoms with Crippen molar-refractivity contribution < 1.29 is 14.3 Å². The molecule has 0 aliphatic heterocycles. The molecule has 2 heterocycles. The van der Waals surface area contributed by atoms with Gasteiger partial charge in [0.15, 0.2) is 0 Å². The number of fused-ring (bicyclic) bond motifs is 1. The third-order valence-corrected chi connectivity index (χ3v) is 5.36. The van der Waals surface area contributed by atoms with Crippen LogP contribution in [0.1, 0.15) is 16.8 Å². The molecule has 162 valence electrons. The molecule has 0 saturated carbocycles. The Hall–Kier alpha value is -3.77. The van der Waals surface area contributed by atoms with Crippen LogP contribution in [0.3, 0.4) is 0 Å². The van der Waals surface area contributed by atoms with Gasteiger partial charge in [-0.3, -0.25) is 4.79 Å². The average molecular weight is 428 g/mol. The molecule has 0 aliphatic rings. The van der Waals surface area contributed by atoms with Gasteiger partial charge >= 0.3 is 5.97 Å². The Labute approximate surface area is 186 Å². The van der Waals surface area contributed by atoms with E-state index < -0.39 is 5.97 Å². The molecule has 0 N–H and O–H groups in total. The summed E-state index contributed by atoms with van der Waals surface area (Å²) in [6, 6.07) is 20.8. The quantitative estimate of drug-likeness (QED) is 0.319. The van der Waals surface area contributed by atoms with Crippen molar-refractivity contribution in [2.24, 2.45) is 0 Å². The van der Waals surface area contributed by atoms with Crippen molar-refractivity contribution >= 4 is 16.7 Å². The van der Waals surface area contributed by atoms with Gasteiger partial charge in [-0.1, -0.05) is 60.7 Å². The van der Waals surface area contributed by atoms with Crippen molar-refractivity contribution in [1.82, 2.24) is 9.55 Å². The number of pyridine rings is 2. The van der Waals surface area contributed by atoms with Crippen molar-refractivity contribution in [3.05, 3.63) is 88.8 Å². The predicted molar refractivity (Wildman–Crippen MR) is 125 cm³/mol. The fourth-order valence-electron chi connectivity index (χ4n) is 3.84. The standard InChI is InChI=1S/C26H24N2O4/c1-31-17-9-15-28-16-14-20-21(25(28)29)23(18-10-5-3-6-11-18)27-24(22(20)26(30)32-2)19-12-7-4-8-13-19/h3-8,10-14,16H,9,15,17H2,1-2H3. The van der Waals surface area contributed by atoms with Gasteiger partial charge in [0.25, 0.3) is 5.56 Å². The van der Waals surface area contributed by atoms with Crippen LogP contribution in [0.5, 0.6) is 0 Å². The van der Waals surface area contributed by atoms with Gasteiger partial charge in [0.05, 0.1) is 29.4 Å². The van der Waals surface area contributed by atoms with Crippen LogP contribution in [0.2, 0.25) is 0 Å². The Morgan fingerprint density at radius 2 is 1.53 bits per heavy atom. The first-order chi connectivity index (χ1) is 15.7. The lowest BCUT2D eigenvalue weighted by atomic mass is 9.96. The molecule has 6 heteroatoms. The minimum absolute atomic E-state index is 0.199. The molecule has 2 aromatic carbocycles. The second kappa shape index (κ2) is 9.58. The Morgan fingerprint density at radius 1 is 0.906 bits per heavy atom. The third-order valence-electron chi connectivity index (χ3n) is 5.36. The summed E-state index contributed by atoms with van der Waals surface area (Å²) >= 11 is 0. The van der Waals surface area contributed by atoms with Crippen molar-refractivity contribution in [1.29, 1.82) is 0 Å². The summed E-state index contributed by atoms with van der Waals surface area (Å²) in [5, 5.41) is 0.925. The van der Waals surface area contributed by atoms with Gasteiger partial charge in [-0.25, -0.2) is 9.78 Å². The largest absolute Gasteiger partial charge is 0.465 e. The van der Waals surface area contributed by atoms with E-state index in [1.165, 1.54) is 7.11 Å². The Kier molecular flexibility index (Phi) is 6.42. The van der Waals surface area contributed by atoms with Crippen LogP contribution in [-0.4, -0.2) is 36.3 Å².